The van der Waals surface area contributed by atoms with Crippen molar-refractivity contribution in [2.45, 2.75) is 64.0 Å². The van der Waals surface area contributed by atoms with E-state index in [9.17, 15) is 9.59 Å². The second-order valence-corrected chi connectivity index (χ2v) is 7.00. The lowest BCUT2D eigenvalue weighted by Gasteiger charge is -2.29. The van der Waals surface area contributed by atoms with Crippen LogP contribution in [0.2, 0.25) is 0 Å². The van der Waals surface area contributed by atoms with E-state index in [2.05, 4.69) is 15.5 Å². The normalized spacial score (nSPS) is 23.3. The van der Waals surface area contributed by atoms with Crippen LogP contribution in [0.1, 0.15) is 76.8 Å². The lowest BCUT2D eigenvalue weighted by Crippen LogP contribution is -2.38. The smallest absolute Gasteiger partial charge is 0.255 e. The van der Waals surface area contributed by atoms with Gasteiger partial charge in [-0.3, -0.25) is 9.59 Å². The van der Waals surface area contributed by atoms with Crippen molar-refractivity contribution >= 4 is 11.7 Å². The molecule has 1 saturated carbocycles. The number of carbonyl (C=O) groups is 2. The number of hydrogen-bond donors (Lipinski definition) is 1. The average Bonchev–Trinajstić information content (AvgIpc) is 3.23. The average molecular weight is 342 g/mol. The van der Waals surface area contributed by atoms with Crippen LogP contribution in [0.5, 0.6) is 0 Å². The van der Waals surface area contributed by atoms with Gasteiger partial charge in [0.1, 0.15) is 24.2 Å². The van der Waals surface area contributed by atoms with Crippen LogP contribution < -0.4 is 5.32 Å². The monoisotopic (exact) mass is 342 g/mol. The Morgan fingerprint density at radius 3 is 2.64 bits per heavy atom. The van der Waals surface area contributed by atoms with Crippen molar-refractivity contribution < 1.29 is 14.0 Å². The zero-order valence-electron chi connectivity index (χ0n) is 14.3. The van der Waals surface area contributed by atoms with Crippen LogP contribution in [-0.4, -0.2) is 32.5 Å². The highest BCUT2D eigenvalue weighted by Gasteiger charge is 2.32. The maximum Gasteiger partial charge on any atom is 0.255 e. The van der Waals surface area contributed by atoms with Crippen LogP contribution >= 0.6 is 0 Å². The summed E-state index contributed by atoms with van der Waals surface area (Å²) >= 11 is 0. The molecule has 2 aliphatic carbocycles. The predicted octanol–water partition coefficient (Wildman–Crippen LogP) is 2.61. The minimum absolute atomic E-state index is 0.0274. The van der Waals surface area contributed by atoms with Gasteiger partial charge >= 0.3 is 0 Å². The number of fused-ring (bicyclic) bond motifs is 1. The Morgan fingerprint density at radius 1 is 1.20 bits per heavy atom. The number of rotatable bonds is 3. The van der Waals surface area contributed by atoms with E-state index in [1.54, 1.807) is 19.6 Å². The molecule has 4 rings (SSSR count). The Kier molecular flexibility index (Phi) is 4.15. The van der Waals surface area contributed by atoms with E-state index in [0.717, 1.165) is 38.5 Å². The standard InChI is InChI=1S/C18H22N4O3/c1-11-16(17-14(23)3-2-4-15(17)25-11)18(24)21-12-5-7-13(8-6-12)22-9-19-20-10-22/h9-10,12-13H,2-8H2,1H3,(H,21,24). The second kappa shape index (κ2) is 6.46. The Labute approximate surface area is 145 Å². The molecule has 0 atom stereocenters. The summed E-state index contributed by atoms with van der Waals surface area (Å²) < 4.78 is 7.72. The van der Waals surface area contributed by atoms with E-state index >= 15 is 0 Å². The number of aryl methyl sites for hydroxylation is 2. The van der Waals surface area contributed by atoms with Crippen molar-refractivity contribution in [3.8, 4) is 0 Å². The van der Waals surface area contributed by atoms with E-state index in [4.69, 9.17) is 4.42 Å². The van der Waals surface area contributed by atoms with Gasteiger partial charge in [-0.15, -0.1) is 10.2 Å². The number of hydrogen-bond acceptors (Lipinski definition) is 5. The third-order valence-corrected chi connectivity index (χ3v) is 5.36. The van der Waals surface area contributed by atoms with Gasteiger partial charge in [-0.05, 0) is 39.0 Å². The first-order valence-electron chi connectivity index (χ1n) is 8.94. The van der Waals surface area contributed by atoms with Gasteiger partial charge in [0.05, 0.1) is 11.1 Å². The van der Waals surface area contributed by atoms with Gasteiger partial charge < -0.3 is 14.3 Å². The highest BCUT2D eigenvalue weighted by molar-refractivity contribution is 6.10. The van der Waals surface area contributed by atoms with Gasteiger partial charge in [0.2, 0.25) is 0 Å². The van der Waals surface area contributed by atoms with Gasteiger partial charge in [0.25, 0.3) is 5.91 Å². The quantitative estimate of drug-likeness (QED) is 0.926. The summed E-state index contributed by atoms with van der Waals surface area (Å²) in [5.74, 6) is 1.08. The molecule has 0 aliphatic heterocycles. The van der Waals surface area contributed by atoms with E-state index in [1.165, 1.54) is 0 Å². The van der Waals surface area contributed by atoms with Gasteiger partial charge in [0.15, 0.2) is 5.78 Å². The fourth-order valence-electron chi connectivity index (χ4n) is 4.05. The fourth-order valence-corrected chi connectivity index (χ4v) is 4.05. The summed E-state index contributed by atoms with van der Waals surface area (Å²) in [6, 6.07) is 0.525. The Morgan fingerprint density at radius 2 is 1.92 bits per heavy atom. The topological polar surface area (TPSA) is 90.0 Å². The lowest BCUT2D eigenvalue weighted by atomic mass is 9.90. The molecule has 1 N–H and O–H groups in total. The Balaban J connectivity index is 1.43. The zero-order chi connectivity index (χ0) is 17.4. The number of Topliss-reactive ketones (excluding diaryl/α,β-unsaturated/α-hetero) is 1. The molecular weight excluding hydrogens is 320 g/mol. The molecule has 2 aliphatic rings. The molecule has 0 radical (unpaired) electrons. The first-order valence-corrected chi connectivity index (χ1v) is 8.94. The predicted molar refractivity (Wildman–Crippen MR) is 89.5 cm³/mol. The molecule has 0 unspecified atom stereocenters. The summed E-state index contributed by atoms with van der Waals surface area (Å²) in [5.41, 5.74) is 0.958. The summed E-state index contributed by atoms with van der Waals surface area (Å²) in [4.78, 5) is 25.0. The number of amides is 1. The summed E-state index contributed by atoms with van der Waals surface area (Å²) in [7, 11) is 0. The second-order valence-electron chi connectivity index (χ2n) is 7.00. The number of carbonyl (C=O) groups excluding carboxylic acids is 2. The number of nitrogens with zero attached hydrogens (tertiary/aromatic N) is 3. The molecule has 0 bridgehead atoms. The van der Waals surface area contributed by atoms with Gasteiger partial charge in [0, 0.05) is 24.9 Å². The molecule has 7 nitrogen and oxygen atoms in total. The van der Waals surface area contributed by atoms with Crippen LogP contribution in [0.15, 0.2) is 17.1 Å². The van der Waals surface area contributed by atoms with E-state index in [1.807, 2.05) is 4.57 Å². The van der Waals surface area contributed by atoms with Crippen molar-refractivity contribution in [3.05, 3.63) is 35.3 Å². The Hall–Kier alpha value is -2.44. The first-order chi connectivity index (χ1) is 12.1. The molecule has 25 heavy (non-hydrogen) atoms. The first kappa shape index (κ1) is 16.1. The van der Waals surface area contributed by atoms with E-state index < -0.39 is 0 Å². The largest absolute Gasteiger partial charge is 0.465 e. The molecule has 132 valence electrons. The molecule has 1 fully saturated rings. The van der Waals surface area contributed by atoms with Crippen LogP contribution in [0.25, 0.3) is 0 Å². The zero-order valence-corrected chi connectivity index (χ0v) is 14.3. The molecule has 1 amide bonds. The van der Waals surface area contributed by atoms with E-state index in [0.29, 0.717) is 35.1 Å². The lowest BCUT2D eigenvalue weighted by molar-refractivity contribution is 0.0904. The highest BCUT2D eigenvalue weighted by atomic mass is 16.3. The van der Waals surface area contributed by atoms with Gasteiger partial charge in [-0.1, -0.05) is 0 Å². The number of aromatic nitrogens is 3. The van der Waals surface area contributed by atoms with Gasteiger partial charge in [-0.25, -0.2) is 0 Å². The number of ketones is 1. The molecular formula is C18H22N4O3. The van der Waals surface area contributed by atoms with E-state index in [-0.39, 0.29) is 17.7 Å². The SMILES string of the molecule is Cc1oc2c(c1C(=O)NC1CCC(n3cnnc3)CC1)C(=O)CCC2. The van der Waals surface area contributed by atoms with Crippen molar-refractivity contribution in [1.29, 1.82) is 0 Å². The molecule has 7 heteroatoms. The van der Waals surface area contributed by atoms with Crippen LogP contribution in [0, 0.1) is 6.92 Å². The molecule has 0 aromatic carbocycles. The Bertz CT molecular complexity index is 786. The highest BCUT2D eigenvalue weighted by Crippen LogP contribution is 2.31. The van der Waals surface area contributed by atoms with Crippen LogP contribution in [0.4, 0.5) is 0 Å². The molecule has 0 saturated heterocycles. The van der Waals surface area contributed by atoms with Crippen molar-refractivity contribution in [2.24, 2.45) is 0 Å². The summed E-state index contributed by atoms with van der Waals surface area (Å²) in [5, 5.41) is 10.8. The fraction of sp³-hybridized carbons (Fsp3) is 0.556. The van der Waals surface area contributed by atoms with Crippen molar-refractivity contribution in [2.75, 3.05) is 0 Å². The molecule has 0 spiro atoms. The van der Waals surface area contributed by atoms with Crippen LogP contribution in [0.3, 0.4) is 0 Å². The third-order valence-electron chi connectivity index (χ3n) is 5.36. The molecule has 2 aromatic rings. The number of furan rings is 1. The number of nitrogens with one attached hydrogen (secondary N) is 1. The minimum Gasteiger partial charge on any atom is -0.465 e. The van der Waals surface area contributed by atoms with Gasteiger partial charge in [-0.2, -0.15) is 0 Å². The third kappa shape index (κ3) is 2.99. The maximum absolute atomic E-state index is 12.8. The summed E-state index contributed by atoms with van der Waals surface area (Å²) in [6.07, 6.45) is 9.28. The minimum atomic E-state index is -0.175. The van der Waals surface area contributed by atoms with Crippen LogP contribution in [-0.2, 0) is 6.42 Å². The van der Waals surface area contributed by atoms with Crippen molar-refractivity contribution in [3.63, 3.8) is 0 Å². The summed E-state index contributed by atoms with van der Waals surface area (Å²) in [6.45, 7) is 1.77. The maximum atomic E-state index is 12.8. The molecule has 2 aromatic heterocycles. The molecule has 2 heterocycles. The van der Waals surface area contributed by atoms with Crippen molar-refractivity contribution in [1.82, 2.24) is 20.1 Å².